The van der Waals surface area contributed by atoms with Gasteiger partial charge in [0.25, 0.3) is 0 Å². The number of carbonyl (C=O) groups is 1. The molecule has 0 bridgehead atoms. The minimum Gasteiger partial charge on any atom is -0.480 e. The smallest absolute Gasteiger partial charge is 0.320 e. The molecule has 1 aromatic carbocycles. The Morgan fingerprint density at radius 2 is 2.19 bits per heavy atom. The molecule has 0 aromatic heterocycles. The monoisotopic (exact) mass is 310 g/mol. The van der Waals surface area contributed by atoms with Gasteiger partial charge in [-0.25, -0.2) is 0 Å². The van der Waals surface area contributed by atoms with Gasteiger partial charge in [-0.1, -0.05) is 30.7 Å². The zero-order valence-electron chi connectivity index (χ0n) is 12.4. The zero-order chi connectivity index (χ0) is 15.2. The first kappa shape index (κ1) is 16.3. The summed E-state index contributed by atoms with van der Waals surface area (Å²) in [7, 11) is 0. The van der Waals surface area contributed by atoms with Crippen molar-refractivity contribution in [3.05, 3.63) is 34.9 Å². The fraction of sp³-hybridized carbons (Fsp3) is 0.562. The minimum atomic E-state index is -0.731. The van der Waals surface area contributed by atoms with E-state index < -0.39 is 12.0 Å². The number of aliphatic carboxylic acids is 1. The fourth-order valence-electron chi connectivity index (χ4n) is 3.01. The molecule has 1 aromatic rings. The Morgan fingerprint density at radius 3 is 2.76 bits per heavy atom. The molecule has 1 heterocycles. The Kier molecular flexibility index (Phi) is 6.03. The second-order valence-corrected chi connectivity index (χ2v) is 6.05. The zero-order valence-corrected chi connectivity index (χ0v) is 13.1. The van der Waals surface area contributed by atoms with Gasteiger partial charge < -0.3 is 10.4 Å². The number of nitrogens with zero attached hydrogens (tertiary/aromatic N) is 1. The van der Waals surface area contributed by atoms with Crippen molar-refractivity contribution >= 4 is 17.6 Å². The van der Waals surface area contributed by atoms with Crippen molar-refractivity contribution in [1.29, 1.82) is 0 Å². The van der Waals surface area contributed by atoms with Crippen molar-refractivity contribution in [3.63, 3.8) is 0 Å². The van der Waals surface area contributed by atoms with E-state index in [0.29, 0.717) is 6.54 Å². The van der Waals surface area contributed by atoms with Crippen LogP contribution in [-0.4, -0.2) is 41.7 Å². The summed E-state index contributed by atoms with van der Waals surface area (Å²) in [5.41, 5.74) is 1.21. The molecule has 1 fully saturated rings. The van der Waals surface area contributed by atoms with E-state index in [1.165, 1.54) is 5.56 Å². The Bertz CT molecular complexity index is 473. The summed E-state index contributed by atoms with van der Waals surface area (Å²) in [4.78, 5) is 13.7. The molecule has 1 atom stereocenters. The van der Waals surface area contributed by atoms with E-state index in [4.69, 9.17) is 11.6 Å². The molecule has 4 nitrogen and oxygen atoms in total. The molecule has 1 saturated heterocycles. The summed E-state index contributed by atoms with van der Waals surface area (Å²) >= 11 is 6.00. The molecule has 21 heavy (non-hydrogen) atoms. The van der Waals surface area contributed by atoms with Gasteiger partial charge in [-0.2, -0.15) is 0 Å². The Labute approximate surface area is 131 Å². The van der Waals surface area contributed by atoms with Crippen LogP contribution in [0.4, 0.5) is 0 Å². The quantitative estimate of drug-likeness (QED) is 0.848. The summed E-state index contributed by atoms with van der Waals surface area (Å²) in [5.74, 6) is -0.511. The molecular formula is C16H23ClN2O2. The maximum Gasteiger partial charge on any atom is 0.320 e. The molecule has 0 spiro atoms. The van der Waals surface area contributed by atoms with Gasteiger partial charge in [0.05, 0.1) is 0 Å². The first-order valence-electron chi connectivity index (χ1n) is 7.53. The number of rotatable bonds is 6. The van der Waals surface area contributed by atoms with Crippen molar-refractivity contribution in [3.8, 4) is 0 Å². The summed E-state index contributed by atoms with van der Waals surface area (Å²) < 4.78 is 0. The van der Waals surface area contributed by atoms with Crippen LogP contribution in [0.25, 0.3) is 0 Å². The number of carboxylic acids is 1. The van der Waals surface area contributed by atoms with Crippen LogP contribution in [0.15, 0.2) is 24.3 Å². The molecule has 5 heteroatoms. The number of likely N-dealkylation sites (tertiary alicyclic amines) is 1. The molecule has 0 aliphatic carbocycles. The van der Waals surface area contributed by atoms with Crippen LogP contribution in [0.2, 0.25) is 5.02 Å². The van der Waals surface area contributed by atoms with Crippen molar-refractivity contribution in [2.75, 3.05) is 19.6 Å². The largest absolute Gasteiger partial charge is 0.480 e. The van der Waals surface area contributed by atoms with E-state index in [1.54, 1.807) is 0 Å². The lowest BCUT2D eigenvalue weighted by molar-refractivity contribution is -0.141. The first-order chi connectivity index (χ1) is 10.1. The normalized spacial score (nSPS) is 18.6. The van der Waals surface area contributed by atoms with Crippen molar-refractivity contribution in [1.82, 2.24) is 10.2 Å². The van der Waals surface area contributed by atoms with Gasteiger partial charge >= 0.3 is 5.97 Å². The number of piperidine rings is 1. The third kappa shape index (κ3) is 4.70. The average Bonchev–Trinajstić information content (AvgIpc) is 2.45. The molecule has 0 radical (unpaired) electrons. The highest BCUT2D eigenvalue weighted by molar-refractivity contribution is 6.30. The predicted octanol–water partition coefficient (Wildman–Crippen LogP) is 2.61. The first-order valence-corrected chi connectivity index (χ1v) is 7.91. The molecule has 1 unspecified atom stereocenters. The minimum absolute atomic E-state index is 0.220. The van der Waals surface area contributed by atoms with Crippen LogP contribution in [-0.2, 0) is 11.3 Å². The van der Waals surface area contributed by atoms with Crippen LogP contribution in [0, 0.1) is 5.92 Å². The van der Waals surface area contributed by atoms with E-state index in [9.17, 15) is 9.90 Å². The summed E-state index contributed by atoms with van der Waals surface area (Å²) in [5, 5.41) is 13.2. The molecular weight excluding hydrogens is 288 g/mol. The Hall–Kier alpha value is -1.10. The number of nitrogens with one attached hydrogen (secondary N) is 1. The van der Waals surface area contributed by atoms with Crippen LogP contribution in [0.1, 0.15) is 25.3 Å². The van der Waals surface area contributed by atoms with Gasteiger partial charge in [-0.15, -0.1) is 0 Å². The van der Waals surface area contributed by atoms with Gasteiger partial charge in [-0.3, -0.25) is 9.69 Å². The summed E-state index contributed by atoms with van der Waals surface area (Å²) in [6.45, 7) is 5.40. The van der Waals surface area contributed by atoms with Gasteiger partial charge in [0.1, 0.15) is 6.04 Å². The van der Waals surface area contributed by atoms with Crippen LogP contribution in [0.3, 0.4) is 0 Å². The number of carboxylic acid groups (broad SMARTS) is 1. The van der Waals surface area contributed by atoms with Crippen molar-refractivity contribution < 1.29 is 9.90 Å². The van der Waals surface area contributed by atoms with E-state index in [-0.39, 0.29) is 5.92 Å². The van der Waals surface area contributed by atoms with Crippen LogP contribution < -0.4 is 5.32 Å². The lowest BCUT2D eigenvalue weighted by Gasteiger charge is -2.34. The highest BCUT2D eigenvalue weighted by atomic mass is 35.5. The Balaban J connectivity index is 1.86. The molecule has 2 rings (SSSR count). The third-order valence-corrected chi connectivity index (χ3v) is 4.32. The molecule has 2 N–H and O–H groups in total. The summed E-state index contributed by atoms with van der Waals surface area (Å²) in [6.07, 6.45) is 1.84. The number of likely N-dealkylation sites (N-methyl/N-ethyl adjacent to an activating group) is 1. The average molecular weight is 311 g/mol. The van der Waals surface area contributed by atoms with Crippen molar-refractivity contribution in [2.45, 2.75) is 32.4 Å². The fourth-order valence-corrected chi connectivity index (χ4v) is 3.23. The summed E-state index contributed by atoms with van der Waals surface area (Å²) in [6, 6.07) is 7.51. The SMILES string of the molecule is CCNC(C(=O)O)C1CCN(Cc2cccc(Cl)c2)CC1. The molecule has 1 aliphatic rings. The molecule has 116 valence electrons. The van der Waals surface area contributed by atoms with Crippen molar-refractivity contribution in [2.24, 2.45) is 5.92 Å². The van der Waals surface area contributed by atoms with E-state index >= 15 is 0 Å². The number of benzene rings is 1. The highest BCUT2D eigenvalue weighted by Crippen LogP contribution is 2.23. The molecule has 0 saturated carbocycles. The number of halogens is 1. The van der Waals surface area contributed by atoms with Gasteiger partial charge in [0.2, 0.25) is 0 Å². The predicted molar refractivity (Wildman–Crippen MR) is 84.6 cm³/mol. The maximum atomic E-state index is 11.3. The second-order valence-electron chi connectivity index (χ2n) is 5.62. The van der Waals surface area contributed by atoms with Gasteiger partial charge in [0.15, 0.2) is 0 Å². The van der Waals surface area contributed by atoms with E-state index in [2.05, 4.69) is 16.3 Å². The second kappa shape index (κ2) is 7.78. The van der Waals surface area contributed by atoms with Gasteiger partial charge in [0, 0.05) is 11.6 Å². The standard InChI is InChI=1S/C16H23ClN2O2/c1-2-18-15(16(20)21)13-6-8-19(9-7-13)11-12-4-3-5-14(17)10-12/h3-5,10,13,15,18H,2,6-9,11H2,1H3,(H,20,21). The molecule has 1 aliphatic heterocycles. The lowest BCUT2D eigenvalue weighted by atomic mass is 9.89. The van der Waals surface area contributed by atoms with Crippen LogP contribution >= 0.6 is 11.6 Å². The third-order valence-electron chi connectivity index (χ3n) is 4.09. The van der Waals surface area contributed by atoms with Gasteiger partial charge in [-0.05, 0) is 56.1 Å². The molecule has 0 amide bonds. The number of hydrogen-bond acceptors (Lipinski definition) is 3. The maximum absolute atomic E-state index is 11.3. The number of hydrogen-bond donors (Lipinski definition) is 2. The van der Waals surface area contributed by atoms with E-state index in [0.717, 1.165) is 37.5 Å². The van der Waals surface area contributed by atoms with E-state index in [1.807, 2.05) is 25.1 Å². The Morgan fingerprint density at radius 1 is 1.48 bits per heavy atom. The van der Waals surface area contributed by atoms with Crippen LogP contribution in [0.5, 0.6) is 0 Å². The topological polar surface area (TPSA) is 52.6 Å². The highest BCUT2D eigenvalue weighted by Gasteiger charge is 2.30. The lowest BCUT2D eigenvalue weighted by Crippen LogP contribution is -2.47.